The number of methoxy groups -OCH3 is 2. The highest BCUT2D eigenvalue weighted by Gasteiger charge is 2.28. The molecule has 0 aliphatic heterocycles. The SMILES string of the molecule is COc1cc(Br)nc(C(C)(C)c2cc(OC)cc(Br)n2)c1. The Morgan fingerprint density at radius 1 is 0.810 bits per heavy atom. The monoisotopic (exact) mass is 414 g/mol. The number of pyridine rings is 2. The van der Waals surface area contributed by atoms with E-state index >= 15 is 0 Å². The highest BCUT2D eigenvalue weighted by atomic mass is 79.9. The molecule has 6 heteroatoms. The molecule has 0 aromatic carbocycles. The van der Waals surface area contributed by atoms with E-state index in [1.165, 1.54) is 0 Å². The fraction of sp³-hybridized carbons (Fsp3) is 0.333. The molecule has 4 nitrogen and oxygen atoms in total. The van der Waals surface area contributed by atoms with Crippen molar-refractivity contribution in [1.29, 1.82) is 0 Å². The lowest BCUT2D eigenvalue weighted by molar-refractivity contribution is 0.408. The van der Waals surface area contributed by atoms with E-state index in [1.807, 2.05) is 24.3 Å². The molecule has 2 heterocycles. The molecule has 0 aliphatic carbocycles. The topological polar surface area (TPSA) is 44.2 Å². The Hall–Kier alpha value is -1.14. The van der Waals surface area contributed by atoms with Crippen LogP contribution in [0.25, 0.3) is 0 Å². The summed E-state index contributed by atoms with van der Waals surface area (Å²) in [6, 6.07) is 7.49. The predicted octanol–water partition coefficient (Wildman–Crippen LogP) is 4.34. The lowest BCUT2D eigenvalue weighted by Crippen LogP contribution is -2.22. The summed E-state index contributed by atoms with van der Waals surface area (Å²) in [7, 11) is 3.28. The average molecular weight is 416 g/mol. The second-order valence-electron chi connectivity index (χ2n) is 5.05. The second kappa shape index (κ2) is 6.32. The van der Waals surface area contributed by atoms with Crippen molar-refractivity contribution in [3.8, 4) is 11.5 Å². The van der Waals surface area contributed by atoms with E-state index < -0.39 is 5.41 Å². The van der Waals surface area contributed by atoms with E-state index in [1.54, 1.807) is 14.2 Å². The first-order chi connectivity index (χ1) is 9.86. The van der Waals surface area contributed by atoms with Crippen molar-refractivity contribution in [2.24, 2.45) is 0 Å². The summed E-state index contributed by atoms with van der Waals surface area (Å²) < 4.78 is 12.1. The third-order valence-electron chi connectivity index (χ3n) is 3.29. The molecule has 2 aromatic rings. The Kier molecular flexibility index (Phi) is 4.88. The fourth-order valence-corrected chi connectivity index (χ4v) is 2.79. The first-order valence-corrected chi connectivity index (χ1v) is 7.89. The molecule has 0 bridgehead atoms. The molecule has 0 radical (unpaired) electrons. The van der Waals surface area contributed by atoms with Gasteiger partial charge in [0.05, 0.1) is 25.6 Å². The zero-order valence-corrected chi connectivity index (χ0v) is 15.4. The Bertz CT molecular complexity index is 605. The van der Waals surface area contributed by atoms with Gasteiger partial charge in [-0.3, -0.25) is 0 Å². The van der Waals surface area contributed by atoms with Crippen molar-refractivity contribution in [2.75, 3.05) is 14.2 Å². The molecule has 21 heavy (non-hydrogen) atoms. The van der Waals surface area contributed by atoms with Gasteiger partial charge < -0.3 is 9.47 Å². The molecule has 0 atom stereocenters. The Morgan fingerprint density at radius 3 is 1.52 bits per heavy atom. The molecule has 0 spiro atoms. The Balaban J connectivity index is 2.55. The van der Waals surface area contributed by atoms with E-state index in [4.69, 9.17) is 9.47 Å². The van der Waals surface area contributed by atoms with Gasteiger partial charge >= 0.3 is 0 Å². The predicted molar refractivity (Wildman–Crippen MR) is 89.1 cm³/mol. The first kappa shape index (κ1) is 16.2. The number of rotatable bonds is 4. The number of halogens is 2. The maximum Gasteiger partial charge on any atom is 0.123 e. The minimum atomic E-state index is -0.395. The van der Waals surface area contributed by atoms with E-state index in [0.29, 0.717) is 0 Å². The molecule has 0 unspecified atom stereocenters. The Morgan fingerprint density at radius 2 is 1.19 bits per heavy atom. The van der Waals surface area contributed by atoms with Gasteiger partial charge in [-0.05, 0) is 45.7 Å². The van der Waals surface area contributed by atoms with Crippen molar-refractivity contribution in [3.63, 3.8) is 0 Å². The van der Waals surface area contributed by atoms with Gasteiger partial charge in [0, 0.05) is 29.7 Å². The van der Waals surface area contributed by atoms with Crippen molar-refractivity contribution in [2.45, 2.75) is 19.3 Å². The van der Waals surface area contributed by atoms with Crippen LogP contribution in [0.3, 0.4) is 0 Å². The summed E-state index contributed by atoms with van der Waals surface area (Å²) in [6.07, 6.45) is 0. The summed E-state index contributed by atoms with van der Waals surface area (Å²) in [5.74, 6) is 1.50. The van der Waals surface area contributed by atoms with Gasteiger partial charge in [-0.1, -0.05) is 0 Å². The number of ether oxygens (including phenoxy) is 2. The molecule has 0 amide bonds. The van der Waals surface area contributed by atoms with Crippen LogP contribution < -0.4 is 9.47 Å². The molecule has 0 aliphatic rings. The first-order valence-electron chi connectivity index (χ1n) is 6.31. The standard InChI is InChI=1S/C15H16Br2N2O2/c1-15(2,11-5-9(20-3)7-13(16)18-11)12-6-10(21-4)8-14(17)19-12/h5-8H,1-4H3. The molecule has 0 N–H and O–H groups in total. The van der Waals surface area contributed by atoms with Gasteiger partial charge in [0.2, 0.25) is 0 Å². The van der Waals surface area contributed by atoms with Crippen LogP contribution in [0.15, 0.2) is 33.5 Å². The van der Waals surface area contributed by atoms with Crippen LogP contribution in [-0.4, -0.2) is 24.2 Å². The van der Waals surface area contributed by atoms with E-state index in [9.17, 15) is 0 Å². The van der Waals surface area contributed by atoms with Gasteiger partial charge in [-0.25, -0.2) is 9.97 Å². The molecular weight excluding hydrogens is 400 g/mol. The number of nitrogens with zero attached hydrogens (tertiary/aromatic N) is 2. The molecule has 2 rings (SSSR count). The molecule has 0 fully saturated rings. The lowest BCUT2D eigenvalue weighted by atomic mass is 9.84. The lowest BCUT2D eigenvalue weighted by Gasteiger charge is -2.25. The summed E-state index contributed by atoms with van der Waals surface area (Å²) in [5.41, 5.74) is 1.33. The molecule has 2 aromatic heterocycles. The summed E-state index contributed by atoms with van der Waals surface area (Å²) in [5, 5.41) is 0. The zero-order chi connectivity index (χ0) is 15.6. The van der Waals surface area contributed by atoms with E-state index in [2.05, 4.69) is 55.7 Å². The van der Waals surface area contributed by atoms with Crippen LogP contribution in [0.5, 0.6) is 11.5 Å². The number of hydrogen-bond acceptors (Lipinski definition) is 4. The van der Waals surface area contributed by atoms with Crippen LogP contribution in [0.4, 0.5) is 0 Å². The van der Waals surface area contributed by atoms with Crippen LogP contribution in [0, 0.1) is 0 Å². The highest BCUT2D eigenvalue weighted by Crippen LogP contribution is 2.34. The minimum Gasteiger partial charge on any atom is -0.497 e. The third-order valence-corrected chi connectivity index (χ3v) is 4.10. The van der Waals surface area contributed by atoms with Gasteiger partial charge in [-0.15, -0.1) is 0 Å². The molecule has 0 saturated heterocycles. The van der Waals surface area contributed by atoms with Crippen LogP contribution in [0.2, 0.25) is 0 Å². The maximum atomic E-state index is 5.31. The number of hydrogen-bond donors (Lipinski definition) is 0. The molecular formula is C15H16Br2N2O2. The van der Waals surface area contributed by atoms with Gasteiger partial charge in [-0.2, -0.15) is 0 Å². The highest BCUT2D eigenvalue weighted by molar-refractivity contribution is 9.10. The smallest absolute Gasteiger partial charge is 0.123 e. The summed E-state index contributed by atoms with van der Waals surface area (Å²) in [4.78, 5) is 9.11. The fourth-order valence-electron chi connectivity index (χ4n) is 1.95. The van der Waals surface area contributed by atoms with Crippen molar-refractivity contribution >= 4 is 31.9 Å². The van der Waals surface area contributed by atoms with Crippen LogP contribution in [-0.2, 0) is 5.41 Å². The molecule has 112 valence electrons. The molecule has 0 saturated carbocycles. The largest absolute Gasteiger partial charge is 0.497 e. The van der Waals surface area contributed by atoms with E-state index in [0.717, 1.165) is 32.1 Å². The van der Waals surface area contributed by atoms with Crippen molar-refractivity contribution in [3.05, 3.63) is 44.9 Å². The zero-order valence-electron chi connectivity index (χ0n) is 12.3. The summed E-state index contributed by atoms with van der Waals surface area (Å²) >= 11 is 6.83. The summed E-state index contributed by atoms with van der Waals surface area (Å²) in [6.45, 7) is 4.13. The normalized spacial score (nSPS) is 11.3. The maximum absolute atomic E-state index is 5.31. The van der Waals surface area contributed by atoms with Crippen molar-refractivity contribution < 1.29 is 9.47 Å². The van der Waals surface area contributed by atoms with Gasteiger partial charge in [0.1, 0.15) is 20.7 Å². The van der Waals surface area contributed by atoms with E-state index in [-0.39, 0.29) is 0 Å². The van der Waals surface area contributed by atoms with Crippen LogP contribution in [0.1, 0.15) is 25.2 Å². The van der Waals surface area contributed by atoms with Crippen molar-refractivity contribution in [1.82, 2.24) is 9.97 Å². The minimum absolute atomic E-state index is 0.395. The number of aromatic nitrogens is 2. The van der Waals surface area contributed by atoms with Gasteiger partial charge in [0.25, 0.3) is 0 Å². The van der Waals surface area contributed by atoms with Crippen LogP contribution >= 0.6 is 31.9 Å². The Labute approximate surface area is 141 Å². The second-order valence-corrected chi connectivity index (χ2v) is 6.68. The average Bonchev–Trinajstić information content (AvgIpc) is 2.45. The quantitative estimate of drug-likeness (QED) is 0.696. The third kappa shape index (κ3) is 3.55. The van der Waals surface area contributed by atoms with Gasteiger partial charge in [0.15, 0.2) is 0 Å².